The summed E-state index contributed by atoms with van der Waals surface area (Å²) in [4.78, 5) is 0. The van der Waals surface area contributed by atoms with Gasteiger partial charge in [0.1, 0.15) is 12.9 Å². The average Bonchev–Trinajstić information content (AvgIpc) is 3.05. The van der Waals surface area contributed by atoms with Gasteiger partial charge in [0.2, 0.25) is 4.77 Å². The van der Waals surface area contributed by atoms with E-state index in [0.29, 0.717) is 39.5 Å². The number of hydrogen-bond donors (Lipinski definition) is 2. The second-order valence-electron chi connectivity index (χ2n) is 5.34. The smallest absolute Gasteiger partial charge is 0.214 e. The Balaban J connectivity index is 1.75. The van der Waals surface area contributed by atoms with Crippen molar-refractivity contribution in [2.45, 2.75) is 13.2 Å². The lowest BCUT2D eigenvalue weighted by molar-refractivity contribution is 0.284. The Morgan fingerprint density at radius 1 is 1.15 bits per heavy atom. The van der Waals surface area contributed by atoms with Crippen molar-refractivity contribution in [3.63, 3.8) is 0 Å². The molecular formula is C17H16Cl2N4O2S. The van der Waals surface area contributed by atoms with Crippen LogP contribution >= 0.6 is 35.4 Å². The van der Waals surface area contributed by atoms with Gasteiger partial charge in [-0.3, -0.25) is 5.10 Å². The van der Waals surface area contributed by atoms with Gasteiger partial charge in [0, 0.05) is 21.7 Å². The number of aromatic nitrogens is 3. The van der Waals surface area contributed by atoms with Crippen LogP contribution in [0.2, 0.25) is 10.0 Å². The zero-order chi connectivity index (χ0) is 18.5. The van der Waals surface area contributed by atoms with Crippen molar-refractivity contribution in [2.75, 3.05) is 12.5 Å². The van der Waals surface area contributed by atoms with E-state index in [1.54, 1.807) is 24.2 Å². The van der Waals surface area contributed by atoms with Gasteiger partial charge in [-0.15, -0.1) is 0 Å². The Bertz CT molecular complexity index is 958. The number of H-pyrrole nitrogens is 1. The number of benzene rings is 2. The van der Waals surface area contributed by atoms with E-state index in [9.17, 15) is 0 Å². The molecule has 3 rings (SSSR count). The van der Waals surface area contributed by atoms with E-state index in [2.05, 4.69) is 15.6 Å². The molecule has 0 aliphatic rings. The molecule has 3 aromatic rings. The number of nitrogens with zero attached hydrogens (tertiary/aromatic N) is 2. The highest BCUT2D eigenvalue weighted by atomic mass is 35.5. The highest BCUT2D eigenvalue weighted by molar-refractivity contribution is 7.71. The molecule has 1 heterocycles. The van der Waals surface area contributed by atoms with Crippen molar-refractivity contribution < 1.29 is 9.47 Å². The molecule has 0 fully saturated rings. The van der Waals surface area contributed by atoms with Crippen molar-refractivity contribution in [3.8, 4) is 11.5 Å². The molecule has 0 radical (unpaired) electrons. The standard InChI is InChI=1S/C17H16Cl2N4O2S/c1-24-15-6-12(8-21-23-10-20-22-17(23)26)14(19)7-16(15)25-9-11-4-2-3-5-13(11)18/h2-7,10,21H,8-9H2,1H3,(H,22,26). The van der Waals surface area contributed by atoms with Gasteiger partial charge in [-0.25, -0.2) is 4.68 Å². The maximum absolute atomic E-state index is 6.39. The van der Waals surface area contributed by atoms with E-state index in [1.165, 1.54) is 0 Å². The van der Waals surface area contributed by atoms with Crippen LogP contribution in [-0.4, -0.2) is 22.0 Å². The highest BCUT2D eigenvalue weighted by Gasteiger charge is 2.12. The molecule has 6 nitrogen and oxygen atoms in total. The summed E-state index contributed by atoms with van der Waals surface area (Å²) in [5.41, 5.74) is 4.82. The van der Waals surface area contributed by atoms with Crippen LogP contribution in [0.15, 0.2) is 42.7 Å². The lowest BCUT2D eigenvalue weighted by atomic mass is 10.2. The summed E-state index contributed by atoms with van der Waals surface area (Å²) < 4.78 is 13.3. The van der Waals surface area contributed by atoms with Crippen LogP contribution in [0, 0.1) is 4.77 Å². The van der Waals surface area contributed by atoms with Gasteiger partial charge in [0.05, 0.1) is 13.7 Å². The lowest BCUT2D eigenvalue weighted by Gasteiger charge is -2.15. The average molecular weight is 411 g/mol. The molecule has 0 aliphatic carbocycles. The molecule has 0 unspecified atom stereocenters. The third-order valence-corrected chi connectivity index (χ3v) is 4.67. The molecule has 136 valence electrons. The first-order valence-electron chi connectivity index (χ1n) is 7.67. The Morgan fingerprint density at radius 3 is 2.65 bits per heavy atom. The first-order valence-corrected chi connectivity index (χ1v) is 8.83. The third kappa shape index (κ3) is 4.30. The second-order valence-corrected chi connectivity index (χ2v) is 6.54. The quantitative estimate of drug-likeness (QED) is 0.558. The van der Waals surface area contributed by atoms with E-state index in [1.807, 2.05) is 30.3 Å². The summed E-state index contributed by atoms with van der Waals surface area (Å²) in [6, 6.07) is 11.1. The number of hydrogen-bond acceptors (Lipinski definition) is 5. The van der Waals surface area contributed by atoms with E-state index in [0.717, 1.165) is 11.1 Å². The van der Waals surface area contributed by atoms with Crippen LogP contribution in [0.4, 0.5) is 0 Å². The minimum Gasteiger partial charge on any atom is -0.493 e. The molecule has 0 amide bonds. The lowest BCUT2D eigenvalue weighted by Crippen LogP contribution is -2.13. The predicted molar refractivity (Wildman–Crippen MR) is 104 cm³/mol. The zero-order valence-electron chi connectivity index (χ0n) is 13.8. The largest absolute Gasteiger partial charge is 0.493 e. The fraction of sp³-hybridized carbons (Fsp3) is 0.176. The molecule has 1 aromatic heterocycles. The molecule has 26 heavy (non-hydrogen) atoms. The molecule has 0 saturated heterocycles. The summed E-state index contributed by atoms with van der Waals surface area (Å²) in [7, 11) is 1.58. The summed E-state index contributed by atoms with van der Waals surface area (Å²) in [5.74, 6) is 1.12. The van der Waals surface area contributed by atoms with Crippen molar-refractivity contribution in [1.82, 2.24) is 14.9 Å². The summed E-state index contributed by atoms with van der Waals surface area (Å²) in [6.07, 6.45) is 1.55. The fourth-order valence-electron chi connectivity index (χ4n) is 2.29. The van der Waals surface area contributed by atoms with E-state index in [4.69, 9.17) is 44.9 Å². The molecule has 0 bridgehead atoms. The van der Waals surface area contributed by atoms with Gasteiger partial charge in [-0.1, -0.05) is 41.4 Å². The Hall–Kier alpha value is -2.22. The molecule has 0 saturated carbocycles. The topological polar surface area (TPSA) is 64.1 Å². The van der Waals surface area contributed by atoms with Gasteiger partial charge in [-0.05, 0) is 29.9 Å². The molecule has 2 aromatic carbocycles. The monoisotopic (exact) mass is 410 g/mol. The number of halogens is 2. The SMILES string of the molecule is COc1cc(CNn2cn[nH]c2=S)c(Cl)cc1OCc1ccccc1Cl. The minimum absolute atomic E-state index is 0.314. The Kier molecular flexibility index (Phi) is 6.03. The van der Waals surface area contributed by atoms with Crippen LogP contribution in [0.3, 0.4) is 0 Å². The summed E-state index contributed by atoms with van der Waals surface area (Å²) >= 11 is 17.6. The van der Waals surface area contributed by atoms with Crippen LogP contribution in [0.1, 0.15) is 11.1 Å². The first kappa shape index (κ1) is 18.6. The molecule has 2 N–H and O–H groups in total. The van der Waals surface area contributed by atoms with Gasteiger partial charge >= 0.3 is 0 Å². The van der Waals surface area contributed by atoms with Crippen molar-refractivity contribution in [2.24, 2.45) is 0 Å². The van der Waals surface area contributed by atoms with Crippen molar-refractivity contribution in [1.29, 1.82) is 0 Å². The normalized spacial score (nSPS) is 10.6. The Morgan fingerprint density at radius 2 is 1.96 bits per heavy atom. The maximum atomic E-state index is 6.39. The fourth-order valence-corrected chi connectivity index (χ4v) is 2.86. The number of methoxy groups -OCH3 is 1. The first-order chi connectivity index (χ1) is 12.6. The summed E-state index contributed by atoms with van der Waals surface area (Å²) in [6.45, 7) is 0.752. The van der Waals surface area contributed by atoms with Gasteiger partial charge < -0.3 is 14.9 Å². The van der Waals surface area contributed by atoms with Crippen LogP contribution in [0.5, 0.6) is 11.5 Å². The minimum atomic E-state index is 0.314. The van der Waals surface area contributed by atoms with Crippen LogP contribution in [-0.2, 0) is 13.2 Å². The van der Waals surface area contributed by atoms with Crippen molar-refractivity contribution in [3.05, 3.63) is 68.7 Å². The number of aromatic amines is 1. The predicted octanol–water partition coefficient (Wildman–Crippen LogP) is 4.58. The van der Waals surface area contributed by atoms with Gasteiger partial charge in [0.25, 0.3) is 0 Å². The van der Waals surface area contributed by atoms with Gasteiger partial charge in [-0.2, -0.15) is 5.10 Å². The number of ether oxygens (including phenoxy) is 2. The van der Waals surface area contributed by atoms with Crippen LogP contribution < -0.4 is 14.9 Å². The van der Waals surface area contributed by atoms with E-state index >= 15 is 0 Å². The van der Waals surface area contributed by atoms with Gasteiger partial charge in [0.15, 0.2) is 11.5 Å². The molecule has 0 atom stereocenters. The Labute approximate surface area is 165 Å². The number of nitrogens with one attached hydrogen (secondary N) is 2. The second kappa shape index (κ2) is 8.44. The van der Waals surface area contributed by atoms with E-state index in [-0.39, 0.29) is 0 Å². The van der Waals surface area contributed by atoms with Crippen LogP contribution in [0.25, 0.3) is 0 Å². The zero-order valence-corrected chi connectivity index (χ0v) is 16.2. The molecule has 9 heteroatoms. The molecular weight excluding hydrogens is 395 g/mol. The summed E-state index contributed by atoms with van der Waals surface area (Å²) in [5, 5.41) is 7.70. The highest BCUT2D eigenvalue weighted by Crippen LogP contribution is 2.34. The number of rotatable bonds is 7. The van der Waals surface area contributed by atoms with E-state index < -0.39 is 0 Å². The third-order valence-electron chi connectivity index (χ3n) is 3.67. The molecule has 0 aliphatic heterocycles. The maximum Gasteiger partial charge on any atom is 0.214 e. The molecule has 0 spiro atoms. The van der Waals surface area contributed by atoms with Crippen molar-refractivity contribution >= 4 is 35.4 Å².